The quantitative estimate of drug-likeness (QED) is 0.607. The van der Waals surface area contributed by atoms with Crippen molar-refractivity contribution in [2.45, 2.75) is 25.7 Å². The largest absolute Gasteiger partial charge is 0.323 e. The zero-order chi connectivity index (χ0) is 20.2. The molecule has 27 heavy (non-hydrogen) atoms. The number of benzene rings is 2. The Bertz CT molecular complexity index is 964. The van der Waals surface area contributed by atoms with E-state index in [9.17, 15) is 13.2 Å². The number of sulfonamides is 1. The Labute approximate surface area is 160 Å². The highest BCUT2D eigenvalue weighted by Gasteiger charge is 2.20. The zero-order valence-electron chi connectivity index (χ0n) is 16.1. The molecule has 1 N–H and O–H groups in total. The predicted molar refractivity (Wildman–Crippen MR) is 107 cm³/mol. The number of nitrogens with zero attached hydrogens (tertiary/aromatic N) is 1. The van der Waals surface area contributed by atoms with E-state index in [1.807, 2.05) is 19.9 Å². The Morgan fingerprint density at radius 3 is 2.22 bits per heavy atom. The fourth-order valence-electron chi connectivity index (χ4n) is 2.47. The molecular formula is C20H24N2O4S. The van der Waals surface area contributed by atoms with Crippen LogP contribution in [0.2, 0.25) is 0 Å². The third-order valence-corrected chi connectivity index (χ3v) is 6.01. The van der Waals surface area contributed by atoms with Gasteiger partial charge in [-0.15, -0.1) is 0 Å². The molecule has 0 radical (unpaired) electrons. The number of carbonyl (C=O) groups excluding carboxylic acids is 1. The van der Waals surface area contributed by atoms with Gasteiger partial charge in [-0.3, -0.25) is 9.63 Å². The van der Waals surface area contributed by atoms with Gasteiger partial charge in [-0.25, -0.2) is 8.42 Å². The van der Waals surface area contributed by atoms with Gasteiger partial charge in [0, 0.05) is 18.8 Å². The average Bonchev–Trinajstić information content (AvgIpc) is 2.63. The number of hydroxylamine groups is 1. The van der Waals surface area contributed by atoms with E-state index in [1.54, 1.807) is 6.08 Å². The number of hydrogen-bond donors (Lipinski definition) is 1. The van der Waals surface area contributed by atoms with Crippen LogP contribution in [0.3, 0.4) is 0 Å². The topological polar surface area (TPSA) is 75.7 Å². The fourth-order valence-corrected chi connectivity index (χ4v) is 3.44. The Morgan fingerprint density at radius 1 is 1.04 bits per heavy atom. The second-order valence-electron chi connectivity index (χ2n) is 6.24. The second kappa shape index (κ2) is 8.47. The van der Waals surface area contributed by atoms with Gasteiger partial charge < -0.3 is 5.32 Å². The summed E-state index contributed by atoms with van der Waals surface area (Å²) in [5.74, 6) is -0.294. The number of aryl methyl sites for hydroxylation is 3. The monoisotopic (exact) mass is 388 g/mol. The van der Waals surface area contributed by atoms with Crippen molar-refractivity contribution in [3.05, 3.63) is 64.7 Å². The van der Waals surface area contributed by atoms with Crippen molar-refractivity contribution in [1.82, 2.24) is 4.47 Å². The highest BCUT2D eigenvalue weighted by atomic mass is 32.2. The highest BCUT2D eigenvalue weighted by Crippen LogP contribution is 2.18. The first kappa shape index (κ1) is 20.8. The van der Waals surface area contributed by atoms with Crippen molar-refractivity contribution in [1.29, 1.82) is 0 Å². The molecular weight excluding hydrogens is 364 g/mol. The number of amides is 1. The molecule has 0 heterocycles. The lowest BCUT2D eigenvalue weighted by atomic mass is 10.0. The molecule has 2 aromatic carbocycles. The van der Waals surface area contributed by atoms with Gasteiger partial charge >= 0.3 is 0 Å². The molecule has 0 spiro atoms. The van der Waals surface area contributed by atoms with Crippen LogP contribution in [0, 0.1) is 20.8 Å². The maximum atomic E-state index is 12.1. The van der Waals surface area contributed by atoms with E-state index in [1.165, 1.54) is 55.6 Å². The molecule has 0 aliphatic rings. The summed E-state index contributed by atoms with van der Waals surface area (Å²) in [7, 11) is -1.12. The predicted octanol–water partition coefficient (Wildman–Crippen LogP) is 3.45. The molecule has 0 atom stereocenters. The van der Waals surface area contributed by atoms with E-state index in [4.69, 9.17) is 4.84 Å². The molecule has 7 heteroatoms. The van der Waals surface area contributed by atoms with Crippen molar-refractivity contribution in [2.75, 3.05) is 19.5 Å². The molecule has 2 aromatic rings. The Hall–Kier alpha value is -2.48. The number of hydrogen-bond acceptors (Lipinski definition) is 4. The van der Waals surface area contributed by atoms with Crippen molar-refractivity contribution in [2.24, 2.45) is 0 Å². The van der Waals surface area contributed by atoms with E-state index < -0.39 is 10.0 Å². The van der Waals surface area contributed by atoms with Crippen LogP contribution >= 0.6 is 0 Å². The van der Waals surface area contributed by atoms with Crippen LogP contribution in [-0.4, -0.2) is 33.0 Å². The van der Waals surface area contributed by atoms with Crippen molar-refractivity contribution in [3.8, 4) is 0 Å². The molecule has 0 aliphatic heterocycles. The lowest BCUT2D eigenvalue weighted by Crippen LogP contribution is -2.25. The summed E-state index contributed by atoms with van der Waals surface area (Å²) in [6.07, 6.45) is 3.23. The van der Waals surface area contributed by atoms with Gasteiger partial charge in [0.1, 0.15) is 0 Å². The van der Waals surface area contributed by atoms with Crippen LogP contribution in [0.1, 0.15) is 22.3 Å². The van der Waals surface area contributed by atoms with Gasteiger partial charge in [-0.1, -0.05) is 16.6 Å². The van der Waals surface area contributed by atoms with Gasteiger partial charge in [0.15, 0.2) is 0 Å². The first-order valence-electron chi connectivity index (χ1n) is 8.35. The number of anilines is 1. The summed E-state index contributed by atoms with van der Waals surface area (Å²) < 4.78 is 25.1. The minimum Gasteiger partial charge on any atom is -0.323 e. The summed E-state index contributed by atoms with van der Waals surface area (Å²) in [5, 5.41) is 2.71. The zero-order valence-corrected chi connectivity index (χ0v) is 16.9. The van der Waals surface area contributed by atoms with Crippen molar-refractivity contribution >= 4 is 27.7 Å². The molecule has 0 aliphatic carbocycles. The SMILES string of the molecule is CON(C)S(=O)(=O)c1ccc(NC(=O)/C=C/c2cc(C)c(C)cc2C)cc1. The van der Waals surface area contributed by atoms with Crippen LogP contribution in [-0.2, 0) is 19.7 Å². The third-order valence-electron chi connectivity index (χ3n) is 4.31. The van der Waals surface area contributed by atoms with Crippen LogP contribution < -0.4 is 5.32 Å². The maximum absolute atomic E-state index is 12.1. The molecule has 1 amide bonds. The smallest absolute Gasteiger partial charge is 0.264 e. The van der Waals surface area contributed by atoms with Gasteiger partial charge in [-0.2, -0.15) is 0 Å². The van der Waals surface area contributed by atoms with E-state index >= 15 is 0 Å². The summed E-state index contributed by atoms with van der Waals surface area (Å²) in [5.41, 5.74) is 4.96. The van der Waals surface area contributed by atoms with Crippen LogP contribution in [0.4, 0.5) is 5.69 Å². The highest BCUT2D eigenvalue weighted by molar-refractivity contribution is 7.89. The number of carbonyl (C=O) groups is 1. The maximum Gasteiger partial charge on any atom is 0.264 e. The third kappa shape index (κ3) is 5.03. The lowest BCUT2D eigenvalue weighted by Gasteiger charge is -2.14. The molecule has 144 valence electrons. The van der Waals surface area contributed by atoms with Gasteiger partial charge in [-0.05, 0) is 73.4 Å². The second-order valence-corrected chi connectivity index (χ2v) is 8.17. The standard InChI is InChI=1S/C20H24N2O4S/c1-14-12-16(3)17(13-15(14)2)6-11-20(23)21-18-7-9-19(10-8-18)27(24,25)22(4)26-5/h6-13H,1-5H3,(H,21,23)/b11-6+. The Morgan fingerprint density at radius 2 is 1.63 bits per heavy atom. The van der Waals surface area contributed by atoms with E-state index in [-0.39, 0.29) is 10.8 Å². The molecule has 2 rings (SSSR count). The Balaban J connectivity index is 2.09. The van der Waals surface area contributed by atoms with Gasteiger partial charge in [0.25, 0.3) is 10.0 Å². The minimum absolute atomic E-state index is 0.0751. The van der Waals surface area contributed by atoms with Crippen LogP contribution in [0.5, 0.6) is 0 Å². The molecule has 0 bridgehead atoms. The first-order valence-corrected chi connectivity index (χ1v) is 9.79. The fraction of sp³-hybridized carbons (Fsp3) is 0.250. The summed E-state index contributed by atoms with van der Waals surface area (Å²) in [6.45, 7) is 6.08. The lowest BCUT2D eigenvalue weighted by molar-refractivity contribution is -0.111. The number of nitrogens with one attached hydrogen (secondary N) is 1. The summed E-state index contributed by atoms with van der Waals surface area (Å²) in [6, 6.07) is 10.0. The van der Waals surface area contributed by atoms with Gasteiger partial charge in [0.2, 0.25) is 5.91 Å². The number of rotatable bonds is 6. The molecule has 0 unspecified atom stereocenters. The normalized spacial score (nSPS) is 11.9. The van der Waals surface area contributed by atoms with Gasteiger partial charge in [0.05, 0.1) is 12.0 Å². The summed E-state index contributed by atoms with van der Waals surface area (Å²) in [4.78, 5) is 16.9. The van der Waals surface area contributed by atoms with Crippen LogP contribution in [0.15, 0.2) is 47.4 Å². The molecule has 0 aromatic heterocycles. The van der Waals surface area contributed by atoms with Crippen molar-refractivity contribution < 1.29 is 18.0 Å². The Kier molecular flexibility index (Phi) is 6.54. The first-order chi connectivity index (χ1) is 12.6. The van der Waals surface area contributed by atoms with E-state index in [0.29, 0.717) is 5.69 Å². The molecule has 0 saturated carbocycles. The minimum atomic E-state index is -3.71. The molecule has 0 saturated heterocycles. The summed E-state index contributed by atoms with van der Waals surface area (Å²) >= 11 is 0. The average molecular weight is 388 g/mol. The van der Waals surface area contributed by atoms with E-state index in [2.05, 4.69) is 18.3 Å². The molecule has 6 nitrogen and oxygen atoms in total. The van der Waals surface area contributed by atoms with Crippen LogP contribution in [0.25, 0.3) is 6.08 Å². The van der Waals surface area contributed by atoms with Crippen molar-refractivity contribution in [3.63, 3.8) is 0 Å². The van der Waals surface area contributed by atoms with E-state index in [0.717, 1.165) is 15.6 Å². The molecule has 0 fully saturated rings.